The van der Waals surface area contributed by atoms with Crippen molar-refractivity contribution in [1.29, 1.82) is 0 Å². The van der Waals surface area contributed by atoms with Crippen LogP contribution in [0.1, 0.15) is 0 Å². The molecule has 3 rings (SSSR count). The third-order valence-electron chi connectivity index (χ3n) is 3.11. The number of pyridine rings is 1. The maximum absolute atomic E-state index is 11.9. The van der Waals surface area contributed by atoms with Gasteiger partial charge in [0.05, 0.1) is 4.90 Å². The maximum atomic E-state index is 11.9. The van der Waals surface area contributed by atoms with Gasteiger partial charge in [-0.15, -0.1) is 0 Å². The fourth-order valence-corrected chi connectivity index (χ4v) is 3.09. The monoisotopic (exact) mass is 287 g/mol. The van der Waals surface area contributed by atoms with E-state index in [-0.39, 0.29) is 4.90 Å². The predicted octanol–water partition coefficient (Wildman–Crippen LogP) is 1.99. The van der Waals surface area contributed by atoms with Gasteiger partial charge in [0.15, 0.2) is 9.84 Å². The van der Waals surface area contributed by atoms with Crippen molar-refractivity contribution in [2.45, 2.75) is 4.90 Å². The Morgan fingerprint density at radius 2 is 1.80 bits per heavy atom. The number of nitrogens with two attached hydrogens (primary N) is 1. The summed E-state index contributed by atoms with van der Waals surface area (Å²) in [5, 5.41) is 0. The largest absolute Gasteiger partial charge is 0.383 e. The molecule has 3 aromatic rings. The zero-order valence-electron chi connectivity index (χ0n) is 10.8. The molecule has 0 bridgehead atoms. The van der Waals surface area contributed by atoms with Crippen molar-refractivity contribution >= 4 is 21.3 Å². The number of anilines is 1. The number of fused-ring (bicyclic) bond motifs is 1. The molecule has 0 saturated carbocycles. The Labute approximate surface area is 116 Å². The van der Waals surface area contributed by atoms with Gasteiger partial charge in [0.1, 0.15) is 17.2 Å². The molecule has 102 valence electrons. The van der Waals surface area contributed by atoms with Gasteiger partial charge < -0.3 is 5.73 Å². The number of nitrogen functional groups attached to an aromatic ring is 1. The van der Waals surface area contributed by atoms with Crippen LogP contribution in [0.4, 0.5) is 5.82 Å². The number of imidazole rings is 1. The molecular formula is C14H13N3O2S. The fourth-order valence-electron chi connectivity index (χ4n) is 2.20. The first-order valence-electron chi connectivity index (χ1n) is 6.00. The summed E-state index contributed by atoms with van der Waals surface area (Å²) < 4.78 is 25.5. The smallest absolute Gasteiger partial charge is 0.176 e. The van der Waals surface area contributed by atoms with Crippen LogP contribution in [0.25, 0.3) is 16.9 Å². The lowest BCUT2D eigenvalue weighted by molar-refractivity contribution is 0.602. The van der Waals surface area contributed by atoms with Crippen molar-refractivity contribution in [1.82, 2.24) is 9.38 Å². The van der Waals surface area contributed by atoms with E-state index in [1.807, 2.05) is 18.2 Å². The first kappa shape index (κ1) is 12.7. The van der Waals surface area contributed by atoms with Crippen LogP contribution in [-0.4, -0.2) is 24.1 Å². The maximum Gasteiger partial charge on any atom is 0.176 e. The van der Waals surface area contributed by atoms with Crippen LogP contribution in [0.5, 0.6) is 0 Å². The summed E-state index contributed by atoms with van der Waals surface area (Å²) >= 11 is 0. The van der Waals surface area contributed by atoms with E-state index in [0.29, 0.717) is 22.7 Å². The Morgan fingerprint density at radius 1 is 1.10 bits per heavy atom. The van der Waals surface area contributed by atoms with Gasteiger partial charge in [-0.3, -0.25) is 4.40 Å². The van der Waals surface area contributed by atoms with Gasteiger partial charge in [-0.1, -0.05) is 24.3 Å². The third-order valence-corrected chi connectivity index (χ3v) is 4.26. The second-order valence-corrected chi connectivity index (χ2v) is 6.53. The molecule has 2 N–H and O–H groups in total. The molecule has 0 fully saturated rings. The first-order valence-corrected chi connectivity index (χ1v) is 7.89. The van der Waals surface area contributed by atoms with Gasteiger partial charge >= 0.3 is 0 Å². The minimum atomic E-state index is -3.34. The molecule has 0 aliphatic carbocycles. The number of hydrogen-bond donors (Lipinski definition) is 1. The van der Waals surface area contributed by atoms with Crippen LogP contribution in [0.3, 0.4) is 0 Å². The van der Waals surface area contributed by atoms with E-state index in [2.05, 4.69) is 4.98 Å². The van der Waals surface area contributed by atoms with E-state index in [4.69, 9.17) is 5.73 Å². The van der Waals surface area contributed by atoms with E-state index < -0.39 is 9.84 Å². The van der Waals surface area contributed by atoms with E-state index in [0.717, 1.165) is 0 Å². The second-order valence-electron chi connectivity index (χ2n) is 4.54. The van der Waals surface area contributed by atoms with Gasteiger partial charge in [-0.05, 0) is 18.2 Å². The second kappa shape index (κ2) is 4.35. The van der Waals surface area contributed by atoms with Gasteiger partial charge in [0.25, 0.3) is 0 Å². The highest BCUT2D eigenvalue weighted by Gasteiger charge is 2.19. The van der Waals surface area contributed by atoms with E-state index in [1.54, 1.807) is 34.9 Å². The van der Waals surface area contributed by atoms with Crippen LogP contribution in [0.2, 0.25) is 0 Å². The minimum absolute atomic E-state index is 0.232. The lowest BCUT2D eigenvalue weighted by Crippen LogP contribution is -2.01. The Balaban J connectivity index is 2.35. The quantitative estimate of drug-likeness (QED) is 0.782. The van der Waals surface area contributed by atoms with Crippen LogP contribution in [0, 0.1) is 0 Å². The molecule has 0 radical (unpaired) electrons. The summed E-state index contributed by atoms with van der Waals surface area (Å²) in [5.41, 5.74) is 7.78. The predicted molar refractivity (Wildman–Crippen MR) is 78.2 cm³/mol. The minimum Gasteiger partial charge on any atom is -0.383 e. The summed E-state index contributed by atoms with van der Waals surface area (Å²) in [5.74, 6) is 0.428. The van der Waals surface area contributed by atoms with Crippen molar-refractivity contribution in [2.75, 3.05) is 12.0 Å². The Kier molecular flexibility index (Phi) is 2.76. The molecule has 5 nitrogen and oxygen atoms in total. The normalized spacial score (nSPS) is 11.8. The van der Waals surface area contributed by atoms with Gasteiger partial charge in [0, 0.05) is 18.0 Å². The lowest BCUT2D eigenvalue weighted by atomic mass is 10.1. The van der Waals surface area contributed by atoms with E-state index in [9.17, 15) is 8.42 Å². The molecule has 20 heavy (non-hydrogen) atoms. The van der Waals surface area contributed by atoms with Crippen LogP contribution < -0.4 is 5.73 Å². The first-order chi connectivity index (χ1) is 9.48. The lowest BCUT2D eigenvalue weighted by Gasteiger charge is -2.06. The highest BCUT2D eigenvalue weighted by atomic mass is 32.2. The van der Waals surface area contributed by atoms with Gasteiger partial charge in [-0.25, -0.2) is 13.4 Å². The molecular weight excluding hydrogens is 274 g/mol. The summed E-state index contributed by atoms with van der Waals surface area (Å²) in [6.07, 6.45) is 2.97. The van der Waals surface area contributed by atoms with Crippen molar-refractivity contribution in [3.63, 3.8) is 0 Å². The van der Waals surface area contributed by atoms with Crippen LogP contribution in [0.15, 0.2) is 53.6 Å². The Hall–Kier alpha value is -2.34. The van der Waals surface area contributed by atoms with Crippen molar-refractivity contribution in [2.24, 2.45) is 0 Å². The molecule has 2 heterocycles. The zero-order valence-corrected chi connectivity index (χ0v) is 11.6. The molecule has 1 aromatic carbocycles. The Morgan fingerprint density at radius 3 is 2.50 bits per heavy atom. The molecule has 0 spiro atoms. The number of nitrogens with zero attached hydrogens (tertiary/aromatic N) is 2. The van der Waals surface area contributed by atoms with Crippen molar-refractivity contribution < 1.29 is 8.42 Å². The molecule has 6 heteroatoms. The molecule has 0 atom stereocenters. The standard InChI is InChI=1S/C14H13N3O2S/c1-20(18,19)11-7-3-2-6-10(11)13-14(15)17-9-5-4-8-12(17)16-13/h2-9H,15H2,1H3. The molecule has 0 unspecified atom stereocenters. The summed E-state index contributed by atoms with van der Waals surface area (Å²) in [7, 11) is -3.34. The number of benzene rings is 1. The molecule has 2 aromatic heterocycles. The molecule has 0 saturated heterocycles. The van der Waals surface area contributed by atoms with Crippen LogP contribution in [-0.2, 0) is 9.84 Å². The average molecular weight is 287 g/mol. The number of hydrogen-bond acceptors (Lipinski definition) is 4. The summed E-state index contributed by atoms with van der Waals surface area (Å²) in [6, 6.07) is 12.3. The number of rotatable bonds is 2. The topological polar surface area (TPSA) is 77.5 Å². The number of aromatic nitrogens is 2. The molecule has 0 aliphatic rings. The molecule has 0 aliphatic heterocycles. The fraction of sp³-hybridized carbons (Fsp3) is 0.0714. The highest BCUT2D eigenvalue weighted by molar-refractivity contribution is 7.90. The Bertz CT molecular complexity index is 898. The molecule has 0 amide bonds. The highest BCUT2D eigenvalue weighted by Crippen LogP contribution is 2.31. The number of sulfone groups is 1. The summed E-state index contributed by atoms with van der Waals surface area (Å²) in [4.78, 5) is 4.66. The van der Waals surface area contributed by atoms with Crippen molar-refractivity contribution in [3.8, 4) is 11.3 Å². The third kappa shape index (κ3) is 1.94. The summed E-state index contributed by atoms with van der Waals surface area (Å²) in [6.45, 7) is 0. The van der Waals surface area contributed by atoms with E-state index >= 15 is 0 Å². The van der Waals surface area contributed by atoms with Crippen molar-refractivity contribution in [3.05, 3.63) is 48.7 Å². The van der Waals surface area contributed by atoms with Gasteiger partial charge in [-0.2, -0.15) is 0 Å². The van der Waals surface area contributed by atoms with E-state index in [1.165, 1.54) is 6.26 Å². The zero-order chi connectivity index (χ0) is 14.3. The van der Waals surface area contributed by atoms with Crippen LogP contribution >= 0.6 is 0 Å². The van der Waals surface area contributed by atoms with Gasteiger partial charge in [0.2, 0.25) is 0 Å². The SMILES string of the molecule is CS(=O)(=O)c1ccccc1-c1nc2ccccn2c1N. The average Bonchev–Trinajstić information content (AvgIpc) is 2.76.